The van der Waals surface area contributed by atoms with Gasteiger partial charge in [0.15, 0.2) is 0 Å². The van der Waals surface area contributed by atoms with Gasteiger partial charge in [0.25, 0.3) is 0 Å². The summed E-state index contributed by atoms with van der Waals surface area (Å²) >= 11 is 0. The predicted molar refractivity (Wildman–Crippen MR) is 101 cm³/mol. The first kappa shape index (κ1) is 21.8. The van der Waals surface area contributed by atoms with Crippen LogP contribution in [0.2, 0.25) is 0 Å². The molecule has 0 bridgehead atoms. The predicted octanol–water partition coefficient (Wildman–Crippen LogP) is 1.81. The fourth-order valence-corrected chi connectivity index (χ4v) is 3.35. The summed E-state index contributed by atoms with van der Waals surface area (Å²) in [5.41, 5.74) is 1.46. The van der Waals surface area contributed by atoms with Crippen LogP contribution in [-0.4, -0.2) is 55.4 Å². The van der Waals surface area contributed by atoms with E-state index in [1.165, 1.54) is 7.11 Å². The number of rotatable bonds is 5. The van der Waals surface area contributed by atoms with E-state index in [9.17, 15) is 19.5 Å². The molecule has 4 atom stereocenters. The average Bonchev–Trinajstić information content (AvgIpc) is 2.97. The van der Waals surface area contributed by atoms with Gasteiger partial charge in [-0.3, -0.25) is 4.79 Å². The van der Waals surface area contributed by atoms with Crippen molar-refractivity contribution in [2.45, 2.75) is 45.0 Å². The smallest absolute Gasteiger partial charge is 0.334 e. The monoisotopic (exact) mass is 390 g/mol. The van der Waals surface area contributed by atoms with Gasteiger partial charge in [-0.15, -0.1) is 0 Å². The molecule has 152 valence electrons. The Labute approximate surface area is 164 Å². The van der Waals surface area contributed by atoms with Crippen LogP contribution < -0.4 is 0 Å². The molecule has 1 fully saturated rings. The number of fused-ring (bicyclic) bond motifs is 1. The van der Waals surface area contributed by atoms with E-state index in [1.54, 1.807) is 32.1 Å². The molecular formula is C21H26O7. The molecule has 7 heteroatoms. The molecule has 0 aromatic heterocycles. The van der Waals surface area contributed by atoms with E-state index >= 15 is 0 Å². The third-order valence-electron chi connectivity index (χ3n) is 5.08. The van der Waals surface area contributed by atoms with E-state index in [2.05, 4.69) is 6.58 Å². The van der Waals surface area contributed by atoms with Crippen molar-refractivity contribution in [3.05, 3.63) is 47.1 Å². The Morgan fingerprint density at radius 2 is 2.18 bits per heavy atom. The number of aliphatic hydroxyl groups excluding tert-OH is 1. The number of aliphatic hydroxyl groups is 1. The zero-order chi connectivity index (χ0) is 20.8. The van der Waals surface area contributed by atoms with Gasteiger partial charge in [-0.2, -0.15) is 0 Å². The first-order chi connectivity index (χ1) is 13.4. The minimum atomic E-state index is -1.01. The van der Waals surface area contributed by atoms with Gasteiger partial charge >= 0.3 is 11.9 Å². The first-order valence-electron chi connectivity index (χ1n) is 9.10. The summed E-state index contributed by atoms with van der Waals surface area (Å²) < 4.78 is 16.6. The van der Waals surface area contributed by atoms with Gasteiger partial charge in [-0.25, -0.2) is 9.59 Å². The highest BCUT2D eigenvalue weighted by atomic mass is 16.6. The van der Waals surface area contributed by atoms with Crippen molar-refractivity contribution in [1.82, 2.24) is 0 Å². The fourth-order valence-electron chi connectivity index (χ4n) is 3.35. The van der Waals surface area contributed by atoms with Crippen molar-refractivity contribution in [1.29, 1.82) is 0 Å². The maximum Gasteiger partial charge on any atom is 0.334 e. The standard InChI is InChI=1S/C21H26O7/c1-5-12(2)20(24)28-19-17-13(3)21(25)27-16(17)9-14(10-22)7-6-8-15(11-23)18(19)26-4/h5,8-9,11,16-19,22H,3,6-7,10H2,1-2,4H3/b12-5-,14-9+,15-8-/t16-,17+,18+,19+/m1/s1. The van der Waals surface area contributed by atoms with Gasteiger partial charge in [0, 0.05) is 23.8 Å². The van der Waals surface area contributed by atoms with Crippen molar-refractivity contribution in [2.24, 2.45) is 5.92 Å². The Morgan fingerprint density at radius 3 is 2.75 bits per heavy atom. The molecule has 28 heavy (non-hydrogen) atoms. The molecule has 2 aliphatic rings. The Kier molecular flexibility index (Phi) is 7.48. The Morgan fingerprint density at radius 1 is 1.46 bits per heavy atom. The number of hydrogen-bond donors (Lipinski definition) is 1. The van der Waals surface area contributed by atoms with Crippen molar-refractivity contribution >= 4 is 18.2 Å². The summed E-state index contributed by atoms with van der Waals surface area (Å²) in [6, 6.07) is 0. The Hall–Kier alpha value is -2.51. The van der Waals surface area contributed by atoms with Crippen LogP contribution in [0.1, 0.15) is 26.7 Å². The number of carbonyl (C=O) groups excluding carboxylic acids is 3. The zero-order valence-electron chi connectivity index (χ0n) is 16.3. The van der Waals surface area contributed by atoms with Crippen LogP contribution in [0, 0.1) is 5.92 Å². The second-order valence-electron chi connectivity index (χ2n) is 6.76. The summed E-state index contributed by atoms with van der Waals surface area (Å²) in [7, 11) is 1.40. The number of hydrogen-bond acceptors (Lipinski definition) is 7. The molecule has 7 nitrogen and oxygen atoms in total. The second kappa shape index (κ2) is 9.61. The molecule has 0 spiro atoms. The molecule has 0 aromatic carbocycles. The van der Waals surface area contributed by atoms with Crippen LogP contribution in [0.3, 0.4) is 0 Å². The Balaban J connectivity index is 2.59. The normalized spacial score (nSPS) is 32.4. The van der Waals surface area contributed by atoms with E-state index in [4.69, 9.17) is 14.2 Å². The van der Waals surface area contributed by atoms with E-state index in [1.807, 2.05) is 0 Å². The first-order valence-corrected chi connectivity index (χ1v) is 9.10. The molecule has 0 aromatic rings. The van der Waals surface area contributed by atoms with Crippen molar-refractivity contribution in [2.75, 3.05) is 13.7 Å². The minimum absolute atomic E-state index is 0.127. The molecule has 0 radical (unpaired) electrons. The number of carbonyl (C=O) groups is 3. The lowest BCUT2D eigenvalue weighted by Crippen LogP contribution is -2.44. The van der Waals surface area contributed by atoms with E-state index < -0.39 is 36.2 Å². The maximum absolute atomic E-state index is 12.5. The third-order valence-corrected chi connectivity index (χ3v) is 5.08. The van der Waals surface area contributed by atoms with Crippen LogP contribution in [0.15, 0.2) is 47.1 Å². The highest BCUT2D eigenvalue weighted by molar-refractivity contribution is 5.92. The summed E-state index contributed by atoms with van der Waals surface area (Å²) in [4.78, 5) is 36.4. The molecule has 1 saturated heterocycles. The second-order valence-corrected chi connectivity index (χ2v) is 6.76. The van der Waals surface area contributed by atoms with Gasteiger partial charge in [0.1, 0.15) is 24.6 Å². The lowest BCUT2D eigenvalue weighted by Gasteiger charge is -2.32. The van der Waals surface area contributed by atoms with Gasteiger partial charge in [-0.05, 0) is 38.3 Å². The number of methoxy groups -OCH3 is 1. The van der Waals surface area contributed by atoms with Crippen molar-refractivity contribution in [3.8, 4) is 0 Å². The quantitative estimate of drug-likeness (QED) is 0.331. The minimum Gasteiger partial charge on any atom is -0.455 e. The number of ether oxygens (including phenoxy) is 3. The fraction of sp³-hybridized carbons (Fsp3) is 0.476. The summed E-state index contributed by atoms with van der Waals surface area (Å²) in [6.45, 7) is 6.90. The van der Waals surface area contributed by atoms with Crippen molar-refractivity contribution < 1.29 is 33.7 Å². The van der Waals surface area contributed by atoms with Crippen LogP contribution >= 0.6 is 0 Å². The van der Waals surface area contributed by atoms with E-state index in [0.29, 0.717) is 35.8 Å². The lowest BCUT2D eigenvalue weighted by molar-refractivity contribution is -0.155. The molecule has 0 saturated carbocycles. The molecule has 0 unspecified atom stereocenters. The number of allylic oxidation sites excluding steroid dienone is 2. The molecular weight excluding hydrogens is 364 g/mol. The molecule has 2 rings (SSSR count). The van der Waals surface area contributed by atoms with Gasteiger partial charge in [0.2, 0.25) is 0 Å². The highest BCUT2D eigenvalue weighted by Crippen LogP contribution is 2.37. The lowest BCUT2D eigenvalue weighted by atomic mass is 9.83. The van der Waals surface area contributed by atoms with E-state index in [-0.39, 0.29) is 12.2 Å². The van der Waals surface area contributed by atoms with Gasteiger partial charge in [-0.1, -0.05) is 18.7 Å². The number of aldehydes is 1. The Bertz CT molecular complexity index is 744. The highest BCUT2D eigenvalue weighted by Gasteiger charge is 2.48. The van der Waals surface area contributed by atoms with Gasteiger partial charge < -0.3 is 19.3 Å². The average molecular weight is 390 g/mol. The molecule has 1 aliphatic carbocycles. The van der Waals surface area contributed by atoms with Crippen LogP contribution in [-0.2, 0) is 28.6 Å². The molecule has 0 amide bonds. The van der Waals surface area contributed by atoms with E-state index in [0.717, 1.165) is 0 Å². The third kappa shape index (κ3) is 4.48. The SMILES string of the molecule is C=C1C(=O)O[C@@H]2/C=C(/CO)CC/C=C(/C=O)[C@H](OC)[C@@H](OC(=O)/C(C)=C\C)[C@@H]12. The summed E-state index contributed by atoms with van der Waals surface area (Å²) in [5, 5.41) is 9.62. The molecule has 1 heterocycles. The van der Waals surface area contributed by atoms with Crippen LogP contribution in [0.5, 0.6) is 0 Å². The number of esters is 2. The zero-order valence-corrected chi connectivity index (χ0v) is 16.3. The molecule has 1 aliphatic heterocycles. The summed E-state index contributed by atoms with van der Waals surface area (Å²) in [5.74, 6) is -1.96. The maximum atomic E-state index is 12.5. The van der Waals surface area contributed by atoms with Crippen LogP contribution in [0.25, 0.3) is 0 Å². The largest absolute Gasteiger partial charge is 0.455 e. The van der Waals surface area contributed by atoms with Crippen LogP contribution in [0.4, 0.5) is 0 Å². The topological polar surface area (TPSA) is 99.1 Å². The summed E-state index contributed by atoms with van der Waals surface area (Å²) in [6.07, 6.45) is 3.88. The molecule has 1 N–H and O–H groups in total. The van der Waals surface area contributed by atoms with Gasteiger partial charge in [0.05, 0.1) is 12.5 Å². The van der Waals surface area contributed by atoms with Crippen molar-refractivity contribution in [3.63, 3.8) is 0 Å².